The number of rotatable bonds is 3. The molecule has 6 heteroatoms. The average Bonchev–Trinajstić information content (AvgIpc) is 2.65. The van der Waals surface area contributed by atoms with E-state index in [2.05, 4.69) is 15.1 Å². The second-order valence-electron chi connectivity index (χ2n) is 2.94. The van der Waals surface area contributed by atoms with Gasteiger partial charge in [0.25, 0.3) is 0 Å². The van der Waals surface area contributed by atoms with Crippen LogP contribution in [0.4, 0.5) is 0 Å². The number of nitrogens with two attached hydrogens (primary N) is 1. The Morgan fingerprint density at radius 3 is 3.00 bits per heavy atom. The van der Waals surface area contributed by atoms with Gasteiger partial charge in [0.1, 0.15) is 11.4 Å². The molecule has 0 atom stereocenters. The normalized spacial score (nSPS) is 10.5. The van der Waals surface area contributed by atoms with Crippen molar-refractivity contribution < 1.29 is 0 Å². The van der Waals surface area contributed by atoms with Gasteiger partial charge in [0.05, 0.1) is 5.69 Å². The van der Waals surface area contributed by atoms with E-state index in [1.165, 1.54) is 18.1 Å². The summed E-state index contributed by atoms with van der Waals surface area (Å²) >= 11 is 1.47. The van der Waals surface area contributed by atoms with Gasteiger partial charge >= 0.3 is 0 Å². The smallest absolute Gasteiger partial charge is 0.192 e. The van der Waals surface area contributed by atoms with E-state index in [1.807, 2.05) is 25.2 Å². The fourth-order valence-corrected chi connectivity index (χ4v) is 1.88. The molecule has 0 aliphatic carbocycles. The van der Waals surface area contributed by atoms with Crippen LogP contribution in [0.15, 0.2) is 34.7 Å². The van der Waals surface area contributed by atoms with Gasteiger partial charge in [0, 0.05) is 13.6 Å². The van der Waals surface area contributed by atoms with Gasteiger partial charge in [-0.05, 0) is 23.9 Å². The Balaban J connectivity index is 2.21. The monoisotopic (exact) mass is 221 g/mol. The zero-order valence-corrected chi connectivity index (χ0v) is 9.11. The summed E-state index contributed by atoms with van der Waals surface area (Å²) in [4.78, 5) is 8.47. The minimum atomic E-state index is 0.452. The third-order valence-corrected chi connectivity index (χ3v) is 2.84. The van der Waals surface area contributed by atoms with E-state index in [1.54, 1.807) is 4.68 Å². The van der Waals surface area contributed by atoms with E-state index >= 15 is 0 Å². The Bertz CT molecular complexity index is 453. The zero-order valence-electron chi connectivity index (χ0n) is 8.29. The lowest BCUT2D eigenvalue weighted by atomic mass is 10.4. The van der Waals surface area contributed by atoms with Gasteiger partial charge < -0.3 is 5.73 Å². The largest absolute Gasteiger partial charge is 0.325 e. The number of hydrogen-bond acceptors (Lipinski definition) is 5. The van der Waals surface area contributed by atoms with E-state index in [9.17, 15) is 0 Å². The lowest BCUT2D eigenvalue weighted by Gasteiger charge is -2.01. The molecule has 2 rings (SSSR count). The van der Waals surface area contributed by atoms with Gasteiger partial charge in [-0.2, -0.15) is 5.10 Å². The molecular weight excluding hydrogens is 210 g/mol. The van der Waals surface area contributed by atoms with Crippen molar-refractivity contribution in [3.8, 4) is 0 Å². The number of aromatic nitrogens is 4. The van der Waals surface area contributed by atoms with Crippen molar-refractivity contribution in [1.29, 1.82) is 0 Å². The molecule has 0 saturated carbocycles. The first-order valence-corrected chi connectivity index (χ1v) is 5.29. The third kappa shape index (κ3) is 2.34. The summed E-state index contributed by atoms with van der Waals surface area (Å²) in [6, 6.07) is 5.77. The molecule has 78 valence electrons. The Kier molecular flexibility index (Phi) is 2.98. The van der Waals surface area contributed by atoms with Gasteiger partial charge in [0.2, 0.25) is 0 Å². The number of pyridine rings is 1. The van der Waals surface area contributed by atoms with Crippen LogP contribution in [0.1, 0.15) is 5.69 Å². The summed E-state index contributed by atoms with van der Waals surface area (Å²) in [5.74, 6) is 0. The molecule has 0 radical (unpaired) electrons. The maximum absolute atomic E-state index is 5.52. The Hall–Kier alpha value is -1.40. The van der Waals surface area contributed by atoms with Crippen molar-refractivity contribution in [1.82, 2.24) is 19.7 Å². The molecule has 0 aliphatic rings. The lowest BCUT2D eigenvalue weighted by molar-refractivity contribution is 0.684. The highest BCUT2D eigenvalue weighted by Gasteiger charge is 2.04. The Morgan fingerprint density at radius 2 is 2.33 bits per heavy atom. The van der Waals surface area contributed by atoms with Crippen LogP contribution in [0, 0.1) is 0 Å². The van der Waals surface area contributed by atoms with E-state index < -0.39 is 0 Å². The first kappa shape index (κ1) is 10.1. The van der Waals surface area contributed by atoms with E-state index in [-0.39, 0.29) is 0 Å². The van der Waals surface area contributed by atoms with Crippen LogP contribution in [-0.4, -0.2) is 19.7 Å². The number of nitrogens with zero attached hydrogens (tertiary/aromatic N) is 4. The van der Waals surface area contributed by atoms with E-state index in [0.29, 0.717) is 6.54 Å². The van der Waals surface area contributed by atoms with Crippen molar-refractivity contribution in [2.24, 2.45) is 12.8 Å². The molecule has 5 nitrogen and oxygen atoms in total. The Labute approximate surface area is 91.7 Å². The highest BCUT2D eigenvalue weighted by atomic mass is 32.2. The number of aryl methyl sites for hydroxylation is 1. The summed E-state index contributed by atoms with van der Waals surface area (Å²) in [5.41, 5.74) is 6.39. The third-order valence-electron chi connectivity index (χ3n) is 1.86. The van der Waals surface area contributed by atoms with Crippen LogP contribution in [0.2, 0.25) is 0 Å². The summed E-state index contributed by atoms with van der Waals surface area (Å²) in [6.45, 7) is 0.452. The lowest BCUT2D eigenvalue weighted by Crippen LogP contribution is -2.00. The predicted octanol–water partition coefficient (Wildman–Crippen LogP) is 0.820. The molecule has 2 N–H and O–H groups in total. The first-order chi connectivity index (χ1) is 7.29. The van der Waals surface area contributed by atoms with Crippen LogP contribution in [0.25, 0.3) is 0 Å². The van der Waals surface area contributed by atoms with E-state index in [0.717, 1.165) is 15.9 Å². The van der Waals surface area contributed by atoms with Crippen molar-refractivity contribution >= 4 is 11.8 Å². The van der Waals surface area contributed by atoms with Gasteiger partial charge in [-0.15, -0.1) is 0 Å². The van der Waals surface area contributed by atoms with Gasteiger partial charge in [0.15, 0.2) is 5.16 Å². The van der Waals surface area contributed by atoms with Crippen LogP contribution in [0.3, 0.4) is 0 Å². The molecule has 0 unspecified atom stereocenters. The summed E-state index contributed by atoms with van der Waals surface area (Å²) in [5, 5.41) is 5.69. The van der Waals surface area contributed by atoms with Crippen molar-refractivity contribution in [3.63, 3.8) is 0 Å². The molecule has 0 saturated heterocycles. The standard InChI is InChI=1S/C9H11N5S/c1-14-9(11-6-12-14)15-8-4-2-3-7(5-10)13-8/h2-4,6H,5,10H2,1H3. The summed E-state index contributed by atoms with van der Waals surface area (Å²) < 4.78 is 1.71. The molecule has 0 amide bonds. The Morgan fingerprint density at radius 1 is 1.47 bits per heavy atom. The van der Waals surface area contributed by atoms with Crippen LogP contribution in [-0.2, 0) is 13.6 Å². The van der Waals surface area contributed by atoms with Gasteiger partial charge in [-0.1, -0.05) is 6.07 Å². The maximum Gasteiger partial charge on any atom is 0.192 e. The van der Waals surface area contributed by atoms with Gasteiger partial charge in [-0.3, -0.25) is 0 Å². The molecular formula is C9H11N5S. The van der Waals surface area contributed by atoms with E-state index in [4.69, 9.17) is 5.73 Å². The predicted molar refractivity (Wildman–Crippen MR) is 57.3 cm³/mol. The second-order valence-corrected chi connectivity index (χ2v) is 3.93. The molecule has 0 aliphatic heterocycles. The van der Waals surface area contributed by atoms with Crippen LogP contribution in [0.5, 0.6) is 0 Å². The van der Waals surface area contributed by atoms with Crippen LogP contribution >= 0.6 is 11.8 Å². The quantitative estimate of drug-likeness (QED) is 0.831. The molecule has 0 aromatic carbocycles. The van der Waals surface area contributed by atoms with Gasteiger partial charge in [-0.25, -0.2) is 14.6 Å². The first-order valence-electron chi connectivity index (χ1n) is 4.47. The fourth-order valence-electron chi connectivity index (χ4n) is 1.10. The molecule has 0 spiro atoms. The molecule has 2 heterocycles. The second kappa shape index (κ2) is 4.41. The molecule has 15 heavy (non-hydrogen) atoms. The minimum absolute atomic E-state index is 0.452. The molecule has 0 fully saturated rings. The average molecular weight is 221 g/mol. The van der Waals surface area contributed by atoms with Crippen LogP contribution < -0.4 is 5.73 Å². The topological polar surface area (TPSA) is 69.6 Å². The highest BCUT2D eigenvalue weighted by molar-refractivity contribution is 7.99. The zero-order chi connectivity index (χ0) is 10.7. The van der Waals surface area contributed by atoms with Crippen molar-refractivity contribution in [2.75, 3.05) is 0 Å². The number of hydrogen-bond donors (Lipinski definition) is 1. The molecule has 2 aromatic rings. The molecule has 0 bridgehead atoms. The van der Waals surface area contributed by atoms with Crippen molar-refractivity contribution in [2.45, 2.75) is 16.7 Å². The maximum atomic E-state index is 5.52. The minimum Gasteiger partial charge on any atom is -0.325 e. The molecule has 2 aromatic heterocycles. The fraction of sp³-hybridized carbons (Fsp3) is 0.222. The van der Waals surface area contributed by atoms with Crippen molar-refractivity contribution in [3.05, 3.63) is 30.2 Å². The summed E-state index contributed by atoms with van der Waals surface area (Å²) in [7, 11) is 1.85. The highest BCUT2D eigenvalue weighted by Crippen LogP contribution is 2.22. The summed E-state index contributed by atoms with van der Waals surface area (Å²) in [6.07, 6.45) is 1.52. The SMILES string of the molecule is Cn1ncnc1Sc1cccc(CN)n1.